The molecule has 8 heteroatoms. The number of hydrogen-bond donors (Lipinski definition) is 0. The van der Waals surface area contributed by atoms with E-state index in [2.05, 4.69) is 14.9 Å². The molecule has 2 aliphatic heterocycles. The maximum Gasteiger partial charge on any atom is 0.254 e. The fourth-order valence-electron chi connectivity index (χ4n) is 3.59. The molecule has 0 spiro atoms. The highest BCUT2D eigenvalue weighted by Crippen LogP contribution is 2.26. The van der Waals surface area contributed by atoms with Gasteiger partial charge in [-0.3, -0.25) is 4.79 Å². The predicted octanol–water partition coefficient (Wildman–Crippen LogP) is 2.21. The molecule has 2 fully saturated rings. The van der Waals surface area contributed by atoms with Crippen molar-refractivity contribution in [2.75, 3.05) is 37.7 Å². The Kier molecular flexibility index (Phi) is 5.24. The van der Waals surface area contributed by atoms with Gasteiger partial charge < -0.3 is 14.5 Å². The molecular weight excluding hydrogens is 349 g/mol. The first-order chi connectivity index (χ1) is 13.2. The summed E-state index contributed by atoms with van der Waals surface area (Å²) in [5, 5.41) is 0. The number of anilines is 1. The van der Waals surface area contributed by atoms with Crippen LogP contribution in [0.2, 0.25) is 0 Å². The summed E-state index contributed by atoms with van der Waals surface area (Å²) in [6.45, 7) is 3.13. The van der Waals surface area contributed by atoms with Crippen LogP contribution in [0.1, 0.15) is 41.5 Å². The topological polar surface area (TPSA) is 71.5 Å². The highest BCUT2D eigenvalue weighted by Gasteiger charge is 2.32. The van der Waals surface area contributed by atoms with Crippen molar-refractivity contribution in [3.8, 4) is 0 Å². The molecule has 0 aliphatic carbocycles. The van der Waals surface area contributed by atoms with Crippen LogP contribution in [0, 0.1) is 5.95 Å². The van der Waals surface area contributed by atoms with E-state index in [4.69, 9.17) is 9.72 Å². The molecular formula is C19H22FN5O2. The van der Waals surface area contributed by atoms with Gasteiger partial charge in [0.2, 0.25) is 5.95 Å². The van der Waals surface area contributed by atoms with E-state index in [9.17, 15) is 9.18 Å². The highest BCUT2D eigenvalue weighted by atomic mass is 19.1. The first-order valence-corrected chi connectivity index (χ1v) is 9.30. The summed E-state index contributed by atoms with van der Waals surface area (Å²) in [6, 6.07) is 4.18. The molecule has 1 amide bonds. The van der Waals surface area contributed by atoms with Crippen LogP contribution in [-0.4, -0.2) is 58.6 Å². The zero-order chi connectivity index (χ0) is 18.6. The van der Waals surface area contributed by atoms with Crippen molar-refractivity contribution in [2.24, 2.45) is 0 Å². The number of amides is 1. The molecule has 0 bridgehead atoms. The molecule has 2 saturated heterocycles. The van der Waals surface area contributed by atoms with Crippen molar-refractivity contribution in [2.45, 2.75) is 25.3 Å². The molecule has 2 aromatic rings. The number of pyridine rings is 1. The SMILES string of the molecule is O=C(c1ccnc(F)c1)N1CCOCC1c1nccc(N2CCCCC2)n1. The van der Waals surface area contributed by atoms with E-state index < -0.39 is 12.0 Å². The Morgan fingerprint density at radius 1 is 1.11 bits per heavy atom. The Bertz CT molecular complexity index is 812. The minimum Gasteiger partial charge on any atom is -0.377 e. The number of carbonyl (C=O) groups excluding carboxylic acids is 1. The summed E-state index contributed by atoms with van der Waals surface area (Å²) in [5.74, 6) is 0.499. The van der Waals surface area contributed by atoms with Crippen molar-refractivity contribution in [1.82, 2.24) is 19.9 Å². The van der Waals surface area contributed by atoms with Gasteiger partial charge in [-0.1, -0.05) is 0 Å². The van der Waals surface area contributed by atoms with Crippen LogP contribution >= 0.6 is 0 Å². The lowest BCUT2D eigenvalue weighted by atomic mass is 10.1. The third kappa shape index (κ3) is 3.90. The number of ether oxygens (including phenoxy) is 1. The molecule has 2 aromatic heterocycles. The molecule has 4 rings (SSSR count). The normalized spacial score (nSPS) is 20.6. The molecule has 2 aliphatic rings. The van der Waals surface area contributed by atoms with Crippen LogP contribution in [-0.2, 0) is 4.74 Å². The lowest BCUT2D eigenvalue weighted by Crippen LogP contribution is -2.44. The highest BCUT2D eigenvalue weighted by molar-refractivity contribution is 5.94. The molecule has 0 aromatic carbocycles. The number of nitrogens with zero attached hydrogens (tertiary/aromatic N) is 5. The van der Waals surface area contributed by atoms with E-state index in [0.717, 1.165) is 37.8 Å². The Morgan fingerprint density at radius 3 is 2.74 bits per heavy atom. The van der Waals surface area contributed by atoms with Crippen LogP contribution in [0.5, 0.6) is 0 Å². The van der Waals surface area contributed by atoms with Gasteiger partial charge in [0, 0.05) is 43.7 Å². The fraction of sp³-hybridized carbons (Fsp3) is 0.474. The third-order valence-corrected chi connectivity index (χ3v) is 5.00. The fourth-order valence-corrected chi connectivity index (χ4v) is 3.59. The van der Waals surface area contributed by atoms with Crippen molar-refractivity contribution >= 4 is 11.7 Å². The summed E-state index contributed by atoms with van der Waals surface area (Å²) in [7, 11) is 0. The summed E-state index contributed by atoms with van der Waals surface area (Å²) >= 11 is 0. The van der Waals surface area contributed by atoms with Crippen LogP contribution in [0.4, 0.5) is 10.2 Å². The molecule has 7 nitrogen and oxygen atoms in total. The van der Waals surface area contributed by atoms with Gasteiger partial charge in [-0.05, 0) is 31.4 Å². The Labute approximate surface area is 157 Å². The minimum atomic E-state index is -0.672. The molecule has 142 valence electrons. The molecule has 0 saturated carbocycles. The molecule has 27 heavy (non-hydrogen) atoms. The van der Waals surface area contributed by atoms with Crippen LogP contribution in [0.25, 0.3) is 0 Å². The van der Waals surface area contributed by atoms with Gasteiger partial charge in [0.15, 0.2) is 5.82 Å². The maximum absolute atomic E-state index is 13.4. The van der Waals surface area contributed by atoms with E-state index >= 15 is 0 Å². The van der Waals surface area contributed by atoms with E-state index in [-0.39, 0.29) is 11.5 Å². The smallest absolute Gasteiger partial charge is 0.254 e. The monoisotopic (exact) mass is 371 g/mol. The Balaban J connectivity index is 1.60. The molecule has 0 radical (unpaired) electrons. The predicted molar refractivity (Wildman–Crippen MR) is 96.9 cm³/mol. The molecule has 1 unspecified atom stereocenters. The van der Waals surface area contributed by atoms with Crippen molar-refractivity contribution in [1.29, 1.82) is 0 Å². The lowest BCUT2D eigenvalue weighted by Gasteiger charge is -2.35. The summed E-state index contributed by atoms with van der Waals surface area (Å²) < 4.78 is 19.0. The second-order valence-electron chi connectivity index (χ2n) is 6.78. The largest absolute Gasteiger partial charge is 0.377 e. The number of morpholine rings is 1. The summed E-state index contributed by atoms with van der Waals surface area (Å²) in [6.07, 6.45) is 6.59. The third-order valence-electron chi connectivity index (χ3n) is 5.00. The quantitative estimate of drug-likeness (QED) is 0.771. The number of carbonyl (C=O) groups is 1. The van der Waals surface area contributed by atoms with Crippen LogP contribution < -0.4 is 4.90 Å². The van der Waals surface area contributed by atoms with Gasteiger partial charge >= 0.3 is 0 Å². The Hall–Kier alpha value is -2.61. The maximum atomic E-state index is 13.4. The summed E-state index contributed by atoms with van der Waals surface area (Å²) in [4.78, 5) is 29.5. The molecule has 1 atom stereocenters. The minimum absolute atomic E-state index is 0.265. The number of hydrogen-bond acceptors (Lipinski definition) is 6. The lowest BCUT2D eigenvalue weighted by molar-refractivity contribution is -0.00523. The van der Waals surface area contributed by atoms with Gasteiger partial charge in [-0.25, -0.2) is 15.0 Å². The second kappa shape index (κ2) is 7.96. The number of piperidine rings is 1. The van der Waals surface area contributed by atoms with E-state index in [1.807, 2.05) is 6.07 Å². The van der Waals surface area contributed by atoms with Crippen LogP contribution in [0.3, 0.4) is 0 Å². The first kappa shape index (κ1) is 17.8. The number of rotatable bonds is 3. The van der Waals surface area contributed by atoms with Gasteiger partial charge in [0.05, 0.1) is 13.2 Å². The first-order valence-electron chi connectivity index (χ1n) is 9.30. The standard InChI is InChI=1S/C19H22FN5O2/c20-16-12-14(4-6-21-16)19(26)25-10-11-27-13-15(25)18-22-7-5-17(23-18)24-8-2-1-3-9-24/h4-7,12,15H,1-3,8-11,13H2. The number of aromatic nitrogens is 3. The summed E-state index contributed by atoms with van der Waals surface area (Å²) in [5.41, 5.74) is 0.265. The van der Waals surface area contributed by atoms with Gasteiger partial charge in [0.1, 0.15) is 11.9 Å². The molecule has 0 N–H and O–H groups in total. The van der Waals surface area contributed by atoms with Gasteiger partial charge in [-0.15, -0.1) is 0 Å². The Morgan fingerprint density at radius 2 is 1.93 bits per heavy atom. The van der Waals surface area contributed by atoms with Gasteiger partial charge in [0.25, 0.3) is 5.91 Å². The zero-order valence-electron chi connectivity index (χ0n) is 15.1. The van der Waals surface area contributed by atoms with Crippen molar-refractivity contribution in [3.63, 3.8) is 0 Å². The number of halogens is 1. The van der Waals surface area contributed by atoms with Gasteiger partial charge in [-0.2, -0.15) is 4.39 Å². The second-order valence-corrected chi connectivity index (χ2v) is 6.78. The average Bonchev–Trinajstić information content (AvgIpc) is 2.74. The van der Waals surface area contributed by atoms with Crippen molar-refractivity contribution in [3.05, 3.63) is 47.9 Å². The van der Waals surface area contributed by atoms with Crippen LogP contribution in [0.15, 0.2) is 30.6 Å². The average molecular weight is 371 g/mol. The zero-order valence-corrected chi connectivity index (χ0v) is 15.1. The van der Waals surface area contributed by atoms with Crippen molar-refractivity contribution < 1.29 is 13.9 Å². The van der Waals surface area contributed by atoms with E-state index in [1.165, 1.54) is 18.7 Å². The van der Waals surface area contributed by atoms with E-state index in [1.54, 1.807) is 11.1 Å². The van der Waals surface area contributed by atoms with E-state index in [0.29, 0.717) is 25.6 Å². The molecule has 4 heterocycles.